The fourth-order valence-corrected chi connectivity index (χ4v) is 8.37. The van der Waals surface area contributed by atoms with E-state index >= 15 is 0 Å². The smallest absolute Gasteiger partial charge is 0.315 e. The Balaban J connectivity index is 1.01. The number of carbonyl (C=O) groups is 2. The van der Waals surface area contributed by atoms with Gasteiger partial charge in [-0.15, -0.1) is 0 Å². The molecule has 3 amide bonds. The first-order valence-electron chi connectivity index (χ1n) is 13.2. The lowest BCUT2D eigenvalue weighted by Crippen LogP contribution is -2.36. The first-order chi connectivity index (χ1) is 19.5. The first kappa shape index (κ1) is 27.5. The van der Waals surface area contributed by atoms with Crippen LogP contribution in [-0.4, -0.2) is 67.9 Å². The van der Waals surface area contributed by atoms with Crippen molar-refractivity contribution in [3.63, 3.8) is 0 Å². The van der Waals surface area contributed by atoms with Crippen LogP contribution in [0.4, 0.5) is 10.6 Å². The van der Waals surface area contributed by atoms with E-state index in [4.69, 9.17) is 20.2 Å². The van der Waals surface area contributed by atoms with Gasteiger partial charge in [0, 0.05) is 39.0 Å². The van der Waals surface area contributed by atoms with E-state index in [1.54, 1.807) is 0 Å². The molecule has 212 valence electrons. The molecule has 0 aliphatic carbocycles. The van der Waals surface area contributed by atoms with Gasteiger partial charge in [-0.3, -0.25) is 4.79 Å². The second-order valence-electron chi connectivity index (χ2n) is 9.79. The molecule has 0 saturated carbocycles. The third-order valence-corrected chi connectivity index (χ3v) is 10.9. The summed E-state index contributed by atoms with van der Waals surface area (Å²) in [4.78, 5) is 38.3. The number of imidazole rings is 1. The highest BCUT2D eigenvalue weighted by Crippen LogP contribution is 2.41. The Kier molecular flexibility index (Phi) is 8.29. The van der Waals surface area contributed by atoms with Gasteiger partial charge in [0.25, 0.3) is 0 Å². The molecule has 5 N–H and O–H groups in total. The third kappa shape index (κ3) is 5.86. The Bertz CT molecular complexity index is 1440. The predicted octanol–water partition coefficient (Wildman–Crippen LogP) is 3.13. The van der Waals surface area contributed by atoms with Crippen LogP contribution in [0.5, 0.6) is 11.5 Å². The summed E-state index contributed by atoms with van der Waals surface area (Å²) >= 11 is 5.69. The summed E-state index contributed by atoms with van der Waals surface area (Å²) in [7, 11) is 0. The fourth-order valence-electron chi connectivity index (χ4n) is 5.12. The Morgan fingerprint density at radius 3 is 2.95 bits per heavy atom. The van der Waals surface area contributed by atoms with Crippen molar-refractivity contribution < 1.29 is 19.1 Å². The zero-order valence-electron chi connectivity index (χ0n) is 21.5. The van der Waals surface area contributed by atoms with E-state index in [0.29, 0.717) is 53.9 Å². The van der Waals surface area contributed by atoms with Crippen molar-refractivity contribution in [2.75, 3.05) is 24.8 Å². The number of carbonyl (C=O) groups excluding carboxylic acids is 2. The van der Waals surface area contributed by atoms with Gasteiger partial charge in [0.05, 0.1) is 12.1 Å². The average molecular weight is 697 g/mol. The minimum absolute atomic E-state index is 0.0550. The summed E-state index contributed by atoms with van der Waals surface area (Å²) in [6.07, 6.45) is 5.45. The Morgan fingerprint density at radius 1 is 1.23 bits per heavy atom. The van der Waals surface area contributed by atoms with Crippen molar-refractivity contribution >= 4 is 75.0 Å². The summed E-state index contributed by atoms with van der Waals surface area (Å²) < 4.78 is 14.1. The number of aryl methyl sites for hydroxylation is 1. The minimum Gasteiger partial charge on any atom is -0.454 e. The molecule has 15 heteroatoms. The topological polar surface area (TPSA) is 158 Å². The molecule has 12 nitrogen and oxygen atoms in total. The van der Waals surface area contributed by atoms with Crippen LogP contribution < -0.4 is 31.2 Å². The van der Waals surface area contributed by atoms with Gasteiger partial charge in [-0.05, 0) is 54.0 Å². The number of unbranched alkanes of at least 4 members (excludes halogenated alkanes) is 1. The van der Waals surface area contributed by atoms with Crippen LogP contribution in [0.1, 0.15) is 32.1 Å². The molecule has 5 heterocycles. The number of hydrogen-bond acceptors (Lipinski definition) is 10. The Morgan fingerprint density at radius 2 is 2.08 bits per heavy atom. The van der Waals surface area contributed by atoms with Crippen molar-refractivity contribution in [2.45, 2.75) is 66.0 Å². The van der Waals surface area contributed by atoms with Crippen molar-refractivity contribution in [3.05, 3.63) is 22.0 Å². The van der Waals surface area contributed by atoms with E-state index in [0.717, 1.165) is 44.4 Å². The maximum absolute atomic E-state index is 12.5. The molecule has 0 radical (unpaired) electrons. The highest BCUT2D eigenvalue weighted by molar-refractivity contribution is 14.1. The quantitative estimate of drug-likeness (QED) is 0.133. The summed E-state index contributed by atoms with van der Waals surface area (Å²) in [5.74, 6) is 2.78. The van der Waals surface area contributed by atoms with Gasteiger partial charge in [-0.1, -0.05) is 18.2 Å². The van der Waals surface area contributed by atoms with Gasteiger partial charge >= 0.3 is 6.03 Å². The molecule has 3 aliphatic heterocycles. The summed E-state index contributed by atoms with van der Waals surface area (Å²) in [5, 5.41) is 10.2. The van der Waals surface area contributed by atoms with Crippen LogP contribution in [-0.2, 0) is 11.3 Å². The number of benzene rings is 1. The van der Waals surface area contributed by atoms with Crippen LogP contribution in [0, 0.1) is 3.57 Å². The highest BCUT2D eigenvalue weighted by atomic mass is 127. The number of urea groups is 1. The van der Waals surface area contributed by atoms with Crippen LogP contribution in [0.2, 0.25) is 0 Å². The highest BCUT2D eigenvalue weighted by Gasteiger charge is 2.42. The van der Waals surface area contributed by atoms with Crippen molar-refractivity contribution in [1.29, 1.82) is 0 Å². The summed E-state index contributed by atoms with van der Waals surface area (Å²) in [6.45, 7) is 1.37. The second kappa shape index (κ2) is 12.1. The molecular weight excluding hydrogens is 667 g/mol. The molecule has 0 bridgehead atoms. The molecule has 6 rings (SSSR count). The number of fused-ring (bicyclic) bond motifs is 3. The third-order valence-electron chi connectivity index (χ3n) is 7.11. The van der Waals surface area contributed by atoms with E-state index in [-0.39, 0.29) is 30.8 Å². The summed E-state index contributed by atoms with van der Waals surface area (Å²) in [6, 6.07) is 4.30. The van der Waals surface area contributed by atoms with Crippen LogP contribution in [0.3, 0.4) is 0 Å². The fraction of sp³-hybridized carbons (Fsp3) is 0.480. The van der Waals surface area contributed by atoms with E-state index < -0.39 is 0 Å². The van der Waals surface area contributed by atoms with Crippen LogP contribution >= 0.6 is 46.1 Å². The maximum Gasteiger partial charge on any atom is 0.315 e. The second-order valence-corrected chi connectivity index (χ2v) is 13.2. The molecule has 3 atom stereocenters. The molecule has 40 heavy (non-hydrogen) atoms. The molecule has 2 aromatic heterocycles. The van der Waals surface area contributed by atoms with E-state index in [9.17, 15) is 9.59 Å². The number of nitrogens with one attached hydrogen (secondary N) is 3. The summed E-state index contributed by atoms with van der Waals surface area (Å²) in [5.41, 5.74) is 7.33. The molecular formula is C25H29IN8O4S2. The number of anilines is 1. The number of thioether (sulfide) groups is 1. The number of rotatable bonds is 11. The number of nitrogens with zero attached hydrogens (tertiary/aromatic N) is 4. The number of nitrogen functional groups attached to an aromatic ring is 1. The zero-order chi connectivity index (χ0) is 27.6. The largest absolute Gasteiger partial charge is 0.454 e. The first-order valence-corrected chi connectivity index (χ1v) is 16.1. The van der Waals surface area contributed by atoms with Crippen molar-refractivity contribution in [2.24, 2.45) is 0 Å². The zero-order valence-corrected chi connectivity index (χ0v) is 25.3. The molecule has 0 spiro atoms. The number of aromatic nitrogens is 4. The molecule has 2 fully saturated rings. The van der Waals surface area contributed by atoms with Gasteiger partial charge in [0.15, 0.2) is 33.6 Å². The van der Waals surface area contributed by atoms with E-state index in [1.807, 2.05) is 28.5 Å². The van der Waals surface area contributed by atoms with Gasteiger partial charge in [-0.2, -0.15) is 11.8 Å². The van der Waals surface area contributed by atoms with Gasteiger partial charge in [0.1, 0.15) is 6.33 Å². The Labute approximate surface area is 252 Å². The van der Waals surface area contributed by atoms with E-state index in [1.165, 1.54) is 18.1 Å². The van der Waals surface area contributed by atoms with Gasteiger partial charge in [0.2, 0.25) is 12.7 Å². The van der Waals surface area contributed by atoms with Gasteiger partial charge in [-0.25, -0.2) is 19.7 Å². The maximum atomic E-state index is 12.5. The average Bonchev–Trinajstić information content (AvgIpc) is 3.70. The molecule has 3 aliphatic rings. The molecule has 1 aromatic carbocycles. The Hall–Kier alpha value is -2.66. The standard InChI is InChI=1S/C25H29IN8O4S2/c26-13-8-15-16(38-12-37-15)9-18(13)40-25-33-21-22(27)29-11-30-23(21)34(25)7-3-6-28-19(35)5-2-1-4-17-20-14(10-39-17)31-24(36)32-20/h8-9,11,14,17,20H,1-7,10,12H2,(H,28,35)(H2,27,29,30)(H2,31,32,36)/t14-,17-,20-/m0/s1. The predicted molar refractivity (Wildman–Crippen MR) is 161 cm³/mol. The van der Waals surface area contributed by atoms with Crippen molar-refractivity contribution in [3.8, 4) is 11.5 Å². The number of amides is 3. The van der Waals surface area contributed by atoms with Crippen LogP contribution in [0.15, 0.2) is 28.5 Å². The lowest BCUT2D eigenvalue weighted by atomic mass is 10.0. The lowest BCUT2D eigenvalue weighted by molar-refractivity contribution is -0.121. The number of halogens is 1. The minimum atomic E-state index is -0.0623. The molecule has 3 aromatic rings. The SMILES string of the molecule is Nc1ncnc2c1nc(Sc1cc3c(cc1I)OCO3)n2CCCNC(=O)CCCC[C@@H]1SC[C@@H]2NC(=O)N[C@@H]21. The van der Waals surface area contributed by atoms with Gasteiger partial charge < -0.3 is 35.7 Å². The number of ether oxygens (including phenoxy) is 2. The number of hydrogen-bond donors (Lipinski definition) is 4. The monoisotopic (exact) mass is 696 g/mol. The van der Waals surface area contributed by atoms with Crippen molar-refractivity contribution in [1.82, 2.24) is 35.5 Å². The lowest BCUT2D eigenvalue weighted by Gasteiger charge is -2.16. The normalized spacial score (nSPS) is 20.9. The van der Waals surface area contributed by atoms with Crippen LogP contribution in [0.25, 0.3) is 11.2 Å². The number of nitrogens with two attached hydrogens (primary N) is 1. The molecule has 0 unspecified atom stereocenters. The van der Waals surface area contributed by atoms with E-state index in [2.05, 4.69) is 48.5 Å². The molecule has 2 saturated heterocycles.